The van der Waals surface area contributed by atoms with E-state index >= 15 is 0 Å². The molecule has 4 rings (SSSR count). The lowest BCUT2D eigenvalue weighted by Crippen LogP contribution is -2.53. The van der Waals surface area contributed by atoms with Crippen molar-refractivity contribution in [3.05, 3.63) is 95.6 Å². The summed E-state index contributed by atoms with van der Waals surface area (Å²) in [6.45, 7) is 5.47. The predicted octanol–water partition coefficient (Wildman–Crippen LogP) is 5.66. The molecule has 1 aliphatic rings. The van der Waals surface area contributed by atoms with Crippen molar-refractivity contribution in [2.45, 2.75) is 82.7 Å². The van der Waals surface area contributed by atoms with E-state index in [9.17, 15) is 18.0 Å². The zero-order valence-electron chi connectivity index (χ0n) is 25.0. The van der Waals surface area contributed by atoms with E-state index in [2.05, 4.69) is 5.32 Å². The monoisotopic (exact) mass is 589 g/mol. The van der Waals surface area contributed by atoms with Crippen molar-refractivity contribution < 1.29 is 18.0 Å². The van der Waals surface area contributed by atoms with Crippen molar-refractivity contribution in [1.82, 2.24) is 10.2 Å². The van der Waals surface area contributed by atoms with Gasteiger partial charge in [-0.1, -0.05) is 92.4 Å². The first-order valence-electron chi connectivity index (χ1n) is 15.0. The van der Waals surface area contributed by atoms with Crippen LogP contribution in [0.2, 0.25) is 0 Å². The minimum Gasteiger partial charge on any atom is -0.352 e. The molecular formula is C34H43N3O4S. The molecule has 0 bridgehead atoms. The number of hydrogen-bond donors (Lipinski definition) is 1. The van der Waals surface area contributed by atoms with Crippen LogP contribution in [0.25, 0.3) is 0 Å². The van der Waals surface area contributed by atoms with Crippen molar-refractivity contribution in [3.63, 3.8) is 0 Å². The van der Waals surface area contributed by atoms with E-state index in [0.717, 1.165) is 42.4 Å². The van der Waals surface area contributed by atoms with Crippen LogP contribution in [0.3, 0.4) is 0 Å². The zero-order chi connectivity index (χ0) is 30.1. The molecule has 3 aromatic rings. The fourth-order valence-electron chi connectivity index (χ4n) is 5.54. The van der Waals surface area contributed by atoms with Crippen molar-refractivity contribution in [2.75, 3.05) is 17.4 Å². The Balaban J connectivity index is 1.66. The normalized spacial score (nSPS) is 14.6. The molecule has 1 aliphatic carbocycles. The summed E-state index contributed by atoms with van der Waals surface area (Å²) in [6, 6.07) is 23.1. The van der Waals surface area contributed by atoms with E-state index in [1.165, 1.54) is 15.6 Å². The molecule has 0 radical (unpaired) electrons. The Labute approximate surface area is 251 Å². The first-order valence-corrected chi connectivity index (χ1v) is 16.5. The fraction of sp³-hybridized carbons (Fsp3) is 0.412. The van der Waals surface area contributed by atoms with Gasteiger partial charge in [-0.2, -0.15) is 0 Å². The lowest BCUT2D eigenvalue weighted by molar-refractivity contribution is -0.139. The number of anilines is 1. The van der Waals surface area contributed by atoms with Crippen LogP contribution in [0.1, 0.15) is 62.6 Å². The number of benzene rings is 3. The first kappa shape index (κ1) is 31.3. The smallest absolute Gasteiger partial charge is 0.264 e. The van der Waals surface area contributed by atoms with Crippen LogP contribution in [0.5, 0.6) is 0 Å². The molecular weight excluding hydrogens is 546 g/mol. The van der Waals surface area contributed by atoms with Crippen molar-refractivity contribution in [1.29, 1.82) is 0 Å². The third-order valence-corrected chi connectivity index (χ3v) is 9.91. The SMILES string of the molecule is CCc1ccccc1N(CC(=O)N(CCc1ccccc1)[C@@H](C)C(=O)NC1CCCCC1)S(=O)(=O)c1ccc(C)cc1. The van der Waals surface area contributed by atoms with E-state index in [1.54, 1.807) is 43.3 Å². The fourth-order valence-corrected chi connectivity index (χ4v) is 6.99. The maximum absolute atomic E-state index is 14.2. The second-order valence-corrected chi connectivity index (χ2v) is 13.0. The second kappa shape index (κ2) is 14.5. The molecule has 7 nitrogen and oxygen atoms in total. The molecule has 1 fully saturated rings. The van der Waals surface area contributed by atoms with Gasteiger partial charge in [0, 0.05) is 12.6 Å². The highest BCUT2D eigenvalue weighted by Gasteiger charge is 2.33. The Morgan fingerprint density at radius 1 is 0.905 bits per heavy atom. The summed E-state index contributed by atoms with van der Waals surface area (Å²) >= 11 is 0. The van der Waals surface area contributed by atoms with Crippen LogP contribution >= 0.6 is 0 Å². The number of nitrogens with zero attached hydrogens (tertiary/aromatic N) is 2. The maximum Gasteiger partial charge on any atom is 0.264 e. The Hall–Kier alpha value is -3.65. The molecule has 42 heavy (non-hydrogen) atoms. The lowest BCUT2D eigenvalue weighted by Gasteiger charge is -2.33. The van der Waals surface area contributed by atoms with E-state index < -0.39 is 28.5 Å². The van der Waals surface area contributed by atoms with Crippen LogP contribution in [0.4, 0.5) is 5.69 Å². The minimum absolute atomic E-state index is 0.106. The molecule has 1 saturated carbocycles. The van der Waals surface area contributed by atoms with Crippen LogP contribution < -0.4 is 9.62 Å². The van der Waals surface area contributed by atoms with Crippen LogP contribution in [-0.4, -0.2) is 50.3 Å². The molecule has 8 heteroatoms. The Morgan fingerprint density at radius 3 is 2.21 bits per heavy atom. The largest absolute Gasteiger partial charge is 0.352 e. The number of nitrogens with one attached hydrogen (secondary N) is 1. The Morgan fingerprint density at radius 2 is 1.55 bits per heavy atom. The van der Waals surface area contributed by atoms with Crippen LogP contribution in [0, 0.1) is 6.92 Å². The molecule has 0 spiro atoms. The third kappa shape index (κ3) is 7.79. The van der Waals surface area contributed by atoms with E-state index in [0.29, 0.717) is 18.5 Å². The van der Waals surface area contributed by atoms with E-state index in [-0.39, 0.29) is 23.4 Å². The number of hydrogen-bond acceptors (Lipinski definition) is 4. The summed E-state index contributed by atoms with van der Waals surface area (Å²) in [5.41, 5.74) is 3.27. The van der Waals surface area contributed by atoms with Gasteiger partial charge in [0.1, 0.15) is 12.6 Å². The van der Waals surface area contributed by atoms with Gasteiger partial charge in [-0.25, -0.2) is 8.42 Å². The molecule has 0 saturated heterocycles. The van der Waals surface area contributed by atoms with Crippen molar-refractivity contribution in [3.8, 4) is 0 Å². The topological polar surface area (TPSA) is 86.8 Å². The van der Waals surface area contributed by atoms with Gasteiger partial charge in [-0.15, -0.1) is 0 Å². The summed E-state index contributed by atoms with van der Waals surface area (Å²) in [5, 5.41) is 3.15. The molecule has 0 aliphatic heterocycles. The molecule has 0 unspecified atom stereocenters. The van der Waals surface area contributed by atoms with Gasteiger partial charge in [-0.05, 0) is 68.9 Å². The number of para-hydroxylation sites is 1. The van der Waals surface area contributed by atoms with Gasteiger partial charge in [0.2, 0.25) is 11.8 Å². The first-order chi connectivity index (χ1) is 20.2. The average molecular weight is 590 g/mol. The summed E-state index contributed by atoms with van der Waals surface area (Å²) in [5.74, 6) is -0.621. The van der Waals surface area contributed by atoms with Crippen LogP contribution in [0.15, 0.2) is 83.8 Å². The van der Waals surface area contributed by atoms with Gasteiger partial charge in [0.05, 0.1) is 10.6 Å². The number of carbonyl (C=O) groups is 2. The van der Waals surface area contributed by atoms with Gasteiger partial charge in [-0.3, -0.25) is 13.9 Å². The summed E-state index contributed by atoms with van der Waals surface area (Å²) in [7, 11) is -4.08. The van der Waals surface area contributed by atoms with Gasteiger partial charge < -0.3 is 10.2 Å². The Bertz CT molecular complexity index is 1440. The van der Waals surface area contributed by atoms with Gasteiger partial charge in [0.25, 0.3) is 10.0 Å². The number of rotatable bonds is 12. The van der Waals surface area contributed by atoms with E-state index in [4.69, 9.17) is 0 Å². The van der Waals surface area contributed by atoms with E-state index in [1.807, 2.05) is 56.3 Å². The molecule has 2 amide bonds. The zero-order valence-corrected chi connectivity index (χ0v) is 25.8. The average Bonchev–Trinajstić information content (AvgIpc) is 3.01. The predicted molar refractivity (Wildman–Crippen MR) is 168 cm³/mol. The quantitative estimate of drug-likeness (QED) is 0.295. The lowest BCUT2D eigenvalue weighted by atomic mass is 9.95. The molecule has 0 aromatic heterocycles. The highest BCUT2D eigenvalue weighted by Crippen LogP contribution is 2.28. The van der Waals surface area contributed by atoms with Crippen molar-refractivity contribution >= 4 is 27.5 Å². The number of carbonyl (C=O) groups excluding carboxylic acids is 2. The van der Waals surface area contributed by atoms with Crippen LogP contribution in [-0.2, 0) is 32.5 Å². The summed E-state index contributed by atoms with van der Waals surface area (Å²) < 4.78 is 29.4. The molecule has 1 atom stereocenters. The number of aryl methyl sites for hydroxylation is 2. The molecule has 1 N–H and O–H groups in total. The minimum atomic E-state index is -4.08. The third-order valence-electron chi connectivity index (χ3n) is 8.13. The number of sulfonamides is 1. The molecule has 0 heterocycles. The summed E-state index contributed by atoms with van der Waals surface area (Å²) in [6.07, 6.45) is 6.36. The molecule has 3 aromatic carbocycles. The Kier molecular flexibility index (Phi) is 10.8. The van der Waals surface area contributed by atoms with Gasteiger partial charge in [0.15, 0.2) is 0 Å². The highest BCUT2D eigenvalue weighted by molar-refractivity contribution is 7.92. The molecule has 224 valence electrons. The standard InChI is InChI=1S/C34H43N3O4S/c1-4-29-15-11-12-18-32(29)37(42(40,41)31-21-19-26(2)20-22-31)25-33(38)36(24-23-28-13-7-5-8-14-28)27(3)34(39)35-30-16-9-6-10-17-30/h5,7-8,11-15,18-22,27,30H,4,6,9-10,16-17,23-25H2,1-3H3,(H,35,39)/t27-/m0/s1. The number of amides is 2. The second-order valence-electron chi connectivity index (χ2n) is 11.1. The van der Waals surface area contributed by atoms with Gasteiger partial charge >= 0.3 is 0 Å². The highest BCUT2D eigenvalue weighted by atomic mass is 32.2. The van der Waals surface area contributed by atoms with Crippen molar-refractivity contribution in [2.24, 2.45) is 0 Å². The maximum atomic E-state index is 14.2. The summed E-state index contributed by atoms with van der Waals surface area (Å²) in [4.78, 5) is 29.3.